The van der Waals surface area contributed by atoms with Gasteiger partial charge in [-0.2, -0.15) is 0 Å². The highest BCUT2D eigenvalue weighted by molar-refractivity contribution is 6.02. The smallest absolute Gasteiger partial charge is 0.251 e. The summed E-state index contributed by atoms with van der Waals surface area (Å²) in [5.41, 5.74) is 15.9. The molecule has 0 saturated carbocycles. The Bertz CT molecular complexity index is 1460. The Labute approximate surface area is 203 Å². The fourth-order valence-corrected chi connectivity index (χ4v) is 5.24. The molecular weight excluding hydrogens is 438 g/mol. The molecule has 2 aromatic carbocycles. The Balaban J connectivity index is 1.22. The molecule has 174 valence electrons. The number of nitrogens with zero attached hydrogens (tertiary/aromatic N) is 3. The van der Waals surface area contributed by atoms with E-state index in [1.54, 1.807) is 6.21 Å². The first-order chi connectivity index (χ1) is 16.9. The van der Waals surface area contributed by atoms with E-state index in [0.717, 1.165) is 39.1 Å². The average Bonchev–Trinajstić information content (AvgIpc) is 3.51. The van der Waals surface area contributed by atoms with E-state index < -0.39 is 0 Å². The summed E-state index contributed by atoms with van der Waals surface area (Å²) in [6, 6.07) is 14.2. The van der Waals surface area contributed by atoms with Crippen LogP contribution in [-0.4, -0.2) is 28.0 Å². The molecule has 4 heterocycles. The van der Waals surface area contributed by atoms with Gasteiger partial charge in [-0.3, -0.25) is 4.79 Å². The summed E-state index contributed by atoms with van der Waals surface area (Å²) in [7, 11) is 0. The number of hydrazone groups is 1. The number of anilines is 1. The number of benzene rings is 2. The number of aryl methyl sites for hydroxylation is 2. The van der Waals surface area contributed by atoms with Gasteiger partial charge < -0.3 is 15.8 Å². The number of amides is 1. The van der Waals surface area contributed by atoms with Crippen LogP contribution in [0.4, 0.5) is 5.82 Å². The molecule has 3 aliphatic heterocycles. The van der Waals surface area contributed by atoms with Crippen LogP contribution >= 0.6 is 0 Å². The number of ether oxygens (including phenoxy) is 1. The molecule has 2 atom stereocenters. The number of fused-ring (bicyclic) bond motifs is 8. The number of pyridine rings is 1. The number of carbonyl (C=O) groups is 1. The molecular formula is C28H26N5O2+. The Kier molecular flexibility index (Phi) is 4.89. The van der Waals surface area contributed by atoms with Crippen molar-refractivity contribution in [1.29, 1.82) is 0 Å². The van der Waals surface area contributed by atoms with Gasteiger partial charge in [0, 0.05) is 23.4 Å². The third-order valence-corrected chi connectivity index (χ3v) is 6.93. The molecule has 0 fully saturated rings. The summed E-state index contributed by atoms with van der Waals surface area (Å²) >= 11 is 0. The van der Waals surface area contributed by atoms with Crippen molar-refractivity contribution in [1.82, 2.24) is 10.3 Å². The van der Waals surface area contributed by atoms with Gasteiger partial charge in [-0.25, -0.2) is 4.98 Å². The molecule has 3 N–H and O–H groups in total. The molecule has 0 aliphatic carbocycles. The maximum Gasteiger partial charge on any atom is 0.251 e. The maximum atomic E-state index is 13.0. The van der Waals surface area contributed by atoms with Gasteiger partial charge >= 0.3 is 0 Å². The highest BCUT2D eigenvalue weighted by Gasteiger charge is 2.43. The second-order valence-corrected chi connectivity index (χ2v) is 9.36. The first-order valence-corrected chi connectivity index (χ1v) is 11.6. The minimum atomic E-state index is -0.162. The van der Waals surface area contributed by atoms with E-state index in [1.165, 1.54) is 11.1 Å². The van der Waals surface area contributed by atoms with Gasteiger partial charge in [-0.1, -0.05) is 29.5 Å². The lowest BCUT2D eigenvalue weighted by Crippen LogP contribution is -2.24. The molecule has 0 radical (unpaired) electrons. The number of rotatable bonds is 5. The van der Waals surface area contributed by atoms with Crippen molar-refractivity contribution in [3.63, 3.8) is 0 Å². The fraction of sp³-hybridized carbons (Fsp3) is 0.214. The van der Waals surface area contributed by atoms with Gasteiger partial charge in [0.1, 0.15) is 24.2 Å². The van der Waals surface area contributed by atoms with Crippen molar-refractivity contribution in [2.24, 2.45) is 5.10 Å². The van der Waals surface area contributed by atoms with E-state index in [4.69, 9.17) is 10.5 Å². The largest absolute Gasteiger partial charge is 0.384 e. The number of allylic oxidation sites excluding steroid dienone is 1. The lowest BCUT2D eigenvalue weighted by atomic mass is 9.84. The maximum absolute atomic E-state index is 13.0. The van der Waals surface area contributed by atoms with Crippen LogP contribution in [0.3, 0.4) is 0 Å². The SMILES string of the molecule is C=C1C=N[N+](Cc2ccc3c(c2)C2OC3c3ccc(C(=O)NCc4c(C)cc(N)nc4C)cc32)=C1. The molecule has 0 spiro atoms. The van der Waals surface area contributed by atoms with Crippen LogP contribution in [0.15, 0.2) is 59.7 Å². The van der Waals surface area contributed by atoms with E-state index in [-0.39, 0.29) is 18.1 Å². The quantitative estimate of drug-likeness (QED) is 0.561. The van der Waals surface area contributed by atoms with Gasteiger partial charge in [0.2, 0.25) is 6.21 Å². The number of hydrogen-bond acceptors (Lipinski definition) is 5. The van der Waals surface area contributed by atoms with E-state index in [0.29, 0.717) is 24.5 Å². The average molecular weight is 465 g/mol. The zero-order chi connectivity index (χ0) is 24.3. The summed E-state index contributed by atoms with van der Waals surface area (Å²) in [5.74, 6) is 0.367. The lowest BCUT2D eigenvalue weighted by molar-refractivity contribution is -0.541. The summed E-state index contributed by atoms with van der Waals surface area (Å²) < 4.78 is 8.23. The minimum absolute atomic E-state index is 0.0848. The van der Waals surface area contributed by atoms with E-state index in [1.807, 2.05) is 49.0 Å². The minimum Gasteiger partial charge on any atom is -0.384 e. The van der Waals surface area contributed by atoms with Crippen LogP contribution in [0.1, 0.15) is 67.2 Å². The fourth-order valence-electron chi connectivity index (χ4n) is 5.24. The van der Waals surface area contributed by atoms with Crippen molar-refractivity contribution in [3.05, 3.63) is 105 Å². The number of carbonyl (C=O) groups excluding carboxylic acids is 1. The Morgan fingerprint density at radius 3 is 2.57 bits per heavy atom. The molecule has 7 nitrogen and oxygen atoms in total. The first-order valence-electron chi connectivity index (χ1n) is 11.6. The Morgan fingerprint density at radius 2 is 1.83 bits per heavy atom. The lowest BCUT2D eigenvalue weighted by Gasteiger charge is -2.17. The number of aromatic nitrogens is 1. The third-order valence-electron chi connectivity index (χ3n) is 6.93. The van der Waals surface area contributed by atoms with E-state index in [2.05, 4.69) is 40.2 Å². The Hall–Kier alpha value is -4.10. The van der Waals surface area contributed by atoms with E-state index >= 15 is 0 Å². The molecule has 7 heteroatoms. The van der Waals surface area contributed by atoms with Crippen LogP contribution in [0, 0.1) is 13.8 Å². The third kappa shape index (κ3) is 3.65. The molecule has 2 unspecified atom stereocenters. The van der Waals surface area contributed by atoms with Gasteiger partial charge in [0.05, 0.1) is 5.57 Å². The molecule has 0 saturated heterocycles. The topological polar surface area (TPSA) is 92.6 Å². The molecule has 3 aromatic rings. The van der Waals surface area contributed by atoms with Crippen molar-refractivity contribution >= 4 is 24.2 Å². The molecule has 6 rings (SSSR count). The van der Waals surface area contributed by atoms with Crippen LogP contribution in [0.5, 0.6) is 0 Å². The normalized spacial score (nSPS) is 19.0. The first kappa shape index (κ1) is 21.4. The summed E-state index contributed by atoms with van der Waals surface area (Å²) in [4.78, 5) is 17.3. The summed E-state index contributed by atoms with van der Waals surface area (Å²) in [5, 5.41) is 7.38. The number of nitrogens with two attached hydrogens (primary N) is 1. The van der Waals surface area contributed by atoms with Gasteiger partial charge in [0.25, 0.3) is 5.91 Å². The van der Waals surface area contributed by atoms with Crippen LogP contribution in [0.2, 0.25) is 0 Å². The van der Waals surface area contributed by atoms with Crippen molar-refractivity contribution in [2.75, 3.05) is 5.73 Å². The summed E-state index contributed by atoms with van der Waals surface area (Å²) in [6.07, 6.45) is 3.44. The predicted molar refractivity (Wildman–Crippen MR) is 135 cm³/mol. The monoisotopic (exact) mass is 464 g/mol. The van der Waals surface area contributed by atoms with Gasteiger partial charge in [-0.05, 0) is 76.6 Å². The number of hydrogen-bond donors (Lipinski definition) is 2. The van der Waals surface area contributed by atoms with Crippen LogP contribution in [0.25, 0.3) is 0 Å². The Morgan fingerprint density at radius 1 is 1.09 bits per heavy atom. The van der Waals surface area contributed by atoms with Crippen molar-refractivity contribution in [2.45, 2.75) is 39.1 Å². The van der Waals surface area contributed by atoms with Crippen LogP contribution in [-0.2, 0) is 17.8 Å². The standard InChI is InChI=1S/C28H25N5O2/c1-15-11-31-33(13-15)14-18-4-6-20-22(9-18)27-23-10-19(5-7-21(23)26(20)35-27)28(34)30-12-24-16(2)8-25(29)32-17(24)3/h4-11,13,26-27H,1,12,14H2,2-3H3,(H2-,29,30,32,34)/p+1. The van der Waals surface area contributed by atoms with Gasteiger partial charge in [-0.15, -0.1) is 0 Å². The molecule has 1 aromatic heterocycles. The molecule has 35 heavy (non-hydrogen) atoms. The zero-order valence-electron chi connectivity index (χ0n) is 19.7. The second-order valence-electron chi connectivity index (χ2n) is 9.36. The second kappa shape index (κ2) is 7.99. The predicted octanol–water partition coefficient (Wildman–Crippen LogP) is 3.87. The van der Waals surface area contributed by atoms with Crippen molar-refractivity contribution < 1.29 is 14.2 Å². The molecule has 3 aliphatic rings. The molecule has 2 bridgehead atoms. The number of nitrogen functional groups attached to an aromatic ring is 1. The summed E-state index contributed by atoms with van der Waals surface area (Å²) in [6.45, 7) is 8.88. The highest BCUT2D eigenvalue weighted by Crippen LogP contribution is 2.54. The highest BCUT2D eigenvalue weighted by atomic mass is 16.5. The number of nitrogens with one attached hydrogen (secondary N) is 1. The molecule has 1 amide bonds. The zero-order valence-corrected chi connectivity index (χ0v) is 19.7. The van der Waals surface area contributed by atoms with Crippen LogP contribution < -0.4 is 11.1 Å². The van der Waals surface area contributed by atoms with E-state index in [9.17, 15) is 4.79 Å². The van der Waals surface area contributed by atoms with Gasteiger partial charge in [0.15, 0.2) is 6.54 Å². The van der Waals surface area contributed by atoms with Crippen molar-refractivity contribution in [3.8, 4) is 0 Å².